The second-order valence-electron chi connectivity index (χ2n) is 3.66. The van der Waals surface area contributed by atoms with Crippen LogP contribution in [0.5, 0.6) is 0 Å². The third kappa shape index (κ3) is 3.66. The van der Waals surface area contributed by atoms with Gasteiger partial charge in [0.1, 0.15) is 17.3 Å². The van der Waals surface area contributed by atoms with E-state index in [0.717, 1.165) is 6.07 Å². The maximum Gasteiger partial charge on any atom is 0.304 e. The first-order chi connectivity index (χ1) is 9.88. The van der Waals surface area contributed by atoms with Gasteiger partial charge < -0.3 is 5.32 Å². The summed E-state index contributed by atoms with van der Waals surface area (Å²) in [5.41, 5.74) is -0.353. The number of nitriles is 2. The molecule has 1 N–H and O–H groups in total. The smallest absolute Gasteiger partial charge is 0.304 e. The zero-order chi connectivity index (χ0) is 16.0. The Bertz CT molecular complexity index is 697. The monoisotopic (exact) mass is 329 g/mol. The van der Waals surface area contributed by atoms with E-state index in [1.807, 2.05) is 0 Å². The molecule has 0 aliphatic heterocycles. The van der Waals surface area contributed by atoms with Crippen molar-refractivity contribution in [1.29, 1.82) is 10.5 Å². The summed E-state index contributed by atoms with van der Waals surface area (Å²) in [5.74, 6) is 0. The molecule has 0 aliphatic rings. The van der Waals surface area contributed by atoms with Crippen molar-refractivity contribution in [3.63, 3.8) is 0 Å². The van der Waals surface area contributed by atoms with E-state index in [1.165, 1.54) is 0 Å². The van der Waals surface area contributed by atoms with Gasteiger partial charge in [-0.25, -0.2) is 8.42 Å². The Balaban J connectivity index is 3.31. The minimum absolute atomic E-state index is 0.120. The van der Waals surface area contributed by atoms with Crippen LogP contribution in [0.15, 0.2) is 10.3 Å². The first kappa shape index (κ1) is 16.8. The van der Waals surface area contributed by atoms with Gasteiger partial charge in [-0.3, -0.25) is 10.1 Å². The van der Waals surface area contributed by atoms with Crippen LogP contribution in [0.3, 0.4) is 0 Å². The number of hydrogen-bond acceptors (Lipinski definition) is 8. The van der Waals surface area contributed by atoms with E-state index in [1.54, 1.807) is 19.1 Å². The van der Waals surface area contributed by atoms with Crippen molar-refractivity contribution in [3.05, 3.63) is 16.2 Å². The highest BCUT2D eigenvalue weighted by molar-refractivity contribution is 7.91. The van der Waals surface area contributed by atoms with E-state index in [9.17, 15) is 18.5 Å². The van der Waals surface area contributed by atoms with Crippen LogP contribution in [0.4, 0.5) is 10.7 Å². The molecule has 0 fully saturated rings. The van der Waals surface area contributed by atoms with Crippen molar-refractivity contribution in [2.24, 2.45) is 0 Å². The van der Waals surface area contributed by atoms with Crippen LogP contribution in [0.1, 0.15) is 6.92 Å². The molecule has 1 rings (SSSR count). The third-order valence-corrected chi connectivity index (χ3v) is 5.64. The van der Waals surface area contributed by atoms with Crippen LogP contribution in [-0.2, 0) is 10.0 Å². The summed E-state index contributed by atoms with van der Waals surface area (Å²) in [6.07, 6.45) is 0. The van der Waals surface area contributed by atoms with Crippen LogP contribution in [0.25, 0.3) is 0 Å². The lowest BCUT2D eigenvalue weighted by molar-refractivity contribution is -0.383. The second kappa shape index (κ2) is 6.99. The molecule has 0 saturated heterocycles. The zero-order valence-corrected chi connectivity index (χ0v) is 12.6. The Kier molecular flexibility index (Phi) is 5.60. The van der Waals surface area contributed by atoms with Gasteiger partial charge in [0, 0.05) is 12.6 Å². The van der Waals surface area contributed by atoms with Crippen LogP contribution in [0, 0.1) is 32.8 Å². The topological polar surface area (TPSA) is 140 Å². The summed E-state index contributed by atoms with van der Waals surface area (Å²) >= 11 is 0.698. The molecule has 1 aromatic heterocycles. The molecule has 112 valence electrons. The summed E-state index contributed by atoms with van der Waals surface area (Å²) in [7, 11) is -4.12. The second-order valence-corrected chi connectivity index (χ2v) is 6.87. The fourth-order valence-corrected chi connectivity index (χ4v) is 4.20. The molecular formula is C10H11N5O4S2. The Morgan fingerprint density at radius 3 is 2.43 bits per heavy atom. The molecule has 11 heteroatoms. The molecule has 0 aromatic carbocycles. The van der Waals surface area contributed by atoms with Crippen LogP contribution < -0.4 is 5.32 Å². The number of nitro groups is 1. The van der Waals surface area contributed by atoms with Gasteiger partial charge in [-0.2, -0.15) is 14.8 Å². The minimum Gasteiger partial charge on any atom is -0.372 e. The number of thiophene rings is 1. The Morgan fingerprint density at radius 2 is 2.00 bits per heavy atom. The maximum atomic E-state index is 12.3. The fourth-order valence-electron chi connectivity index (χ4n) is 1.42. The van der Waals surface area contributed by atoms with Crippen LogP contribution >= 0.6 is 11.3 Å². The fraction of sp³-hybridized carbons (Fsp3) is 0.400. The highest BCUT2D eigenvalue weighted by Crippen LogP contribution is 2.38. The average Bonchev–Trinajstić information content (AvgIpc) is 2.84. The van der Waals surface area contributed by atoms with Gasteiger partial charge in [-0.05, 0) is 6.92 Å². The minimum atomic E-state index is -4.12. The molecule has 0 amide bonds. The molecular weight excluding hydrogens is 318 g/mol. The summed E-state index contributed by atoms with van der Waals surface area (Å²) in [5, 5.41) is 31.0. The number of anilines is 1. The van der Waals surface area contributed by atoms with E-state index >= 15 is 0 Å². The molecule has 0 saturated carbocycles. The van der Waals surface area contributed by atoms with Gasteiger partial charge in [-0.15, -0.1) is 0 Å². The zero-order valence-electron chi connectivity index (χ0n) is 10.9. The summed E-state index contributed by atoms with van der Waals surface area (Å²) in [6.45, 7) is 1.10. The van der Waals surface area contributed by atoms with Crippen molar-refractivity contribution >= 4 is 32.0 Å². The molecule has 1 heterocycles. The lowest BCUT2D eigenvalue weighted by Crippen LogP contribution is -2.31. The van der Waals surface area contributed by atoms with Crippen LogP contribution in [-0.4, -0.2) is 37.3 Å². The van der Waals surface area contributed by atoms with Crippen molar-refractivity contribution in [3.8, 4) is 12.1 Å². The quantitative estimate of drug-likeness (QED) is 0.449. The van der Waals surface area contributed by atoms with Crippen molar-refractivity contribution < 1.29 is 13.3 Å². The van der Waals surface area contributed by atoms with Crippen molar-refractivity contribution in [2.45, 2.75) is 11.1 Å². The third-order valence-electron chi connectivity index (χ3n) is 2.31. The van der Waals surface area contributed by atoms with Gasteiger partial charge in [-0.1, -0.05) is 11.3 Å². The molecule has 0 atom stereocenters. The maximum absolute atomic E-state index is 12.3. The molecule has 9 nitrogen and oxygen atoms in total. The summed E-state index contributed by atoms with van der Waals surface area (Å²) < 4.78 is 25.0. The van der Waals surface area contributed by atoms with E-state index in [0.29, 0.717) is 22.2 Å². The van der Waals surface area contributed by atoms with Crippen LogP contribution in [0.2, 0.25) is 0 Å². The lowest BCUT2D eigenvalue weighted by atomic mass is 10.5. The number of hydrogen-bond donors (Lipinski definition) is 1. The normalized spacial score (nSPS) is 10.9. The molecule has 1 aromatic rings. The largest absolute Gasteiger partial charge is 0.372 e. The standard InChI is InChI=1S/C10H11N5O4S2/c1-2-13-10-8(15(16)17)7-9(20-10)21(18,19)14(5-3-11)6-4-12/h7,13H,2,5-6H2,1H3. The summed E-state index contributed by atoms with van der Waals surface area (Å²) in [4.78, 5) is 10.2. The van der Waals surface area contributed by atoms with Crippen molar-refractivity contribution in [2.75, 3.05) is 25.0 Å². The van der Waals surface area contributed by atoms with Gasteiger partial charge in [0.25, 0.3) is 10.0 Å². The number of nitrogens with one attached hydrogen (secondary N) is 1. The number of sulfonamides is 1. The summed E-state index contributed by atoms with van der Waals surface area (Å²) in [6, 6.07) is 4.23. The van der Waals surface area contributed by atoms with Gasteiger partial charge in [0.2, 0.25) is 0 Å². The van der Waals surface area contributed by atoms with E-state index < -0.39 is 28.0 Å². The van der Waals surface area contributed by atoms with Gasteiger partial charge in [0.15, 0.2) is 5.00 Å². The molecule has 0 aliphatic carbocycles. The molecule has 0 radical (unpaired) electrons. The molecule has 21 heavy (non-hydrogen) atoms. The molecule has 0 bridgehead atoms. The molecule has 0 spiro atoms. The van der Waals surface area contributed by atoms with E-state index in [2.05, 4.69) is 5.32 Å². The lowest BCUT2D eigenvalue weighted by Gasteiger charge is -2.13. The Labute approximate surface area is 125 Å². The van der Waals surface area contributed by atoms with Gasteiger partial charge >= 0.3 is 5.69 Å². The average molecular weight is 329 g/mol. The SMILES string of the molecule is CCNc1sc(S(=O)(=O)N(CC#N)CC#N)cc1[N+](=O)[O-]. The highest BCUT2D eigenvalue weighted by Gasteiger charge is 2.30. The van der Waals surface area contributed by atoms with E-state index in [4.69, 9.17) is 10.5 Å². The van der Waals surface area contributed by atoms with E-state index in [-0.39, 0.29) is 14.9 Å². The Morgan fingerprint density at radius 1 is 1.43 bits per heavy atom. The highest BCUT2D eigenvalue weighted by atomic mass is 32.2. The van der Waals surface area contributed by atoms with Gasteiger partial charge in [0.05, 0.1) is 17.1 Å². The predicted octanol–water partition coefficient (Wildman–Crippen LogP) is 1.13. The van der Waals surface area contributed by atoms with Crippen molar-refractivity contribution in [1.82, 2.24) is 4.31 Å². The first-order valence-corrected chi connectivity index (χ1v) is 7.90. The Hall–Kier alpha value is -2.21. The number of nitrogens with zero attached hydrogens (tertiary/aromatic N) is 4. The predicted molar refractivity (Wildman–Crippen MR) is 75.1 cm³/mol. The first-order valence-electron chi connectivity index (χ1n) is 5.64. The number of rotatable bonds is 7. The molecule has 0 unspecified atom stereocenters.